The number of ketones is 1. The number of nitrogens with one attached hydrogen (secondary N) is 1. The number of benzene rings is 2. The van der Waals surface area contributed by atoms with E-state index in [4.69, 9.17) is 4.74 Å². The zero-order valence-electron chi connectivity index (χ0n) is 23.6. The van der Waals surface area contributed by atoms with Gasteiger partial charge in [-0.05, 0) is 88.1 Å². The topological polar surface area (TPSA) is 73.2 Å². The van der Waals surface area contributed by atoms with Crippen LogP contribution in [0.3, 0.4) is 0 Å². The SMILES string of the molecule is CCc1cccc(C(=O)c2c(C)n(-c3cccc(C=C(C)CO[C@@H](C)C(=O)NC(C)C)c3)c3cccnc23)c1. The van der Waals surface area contributed by atoms with Crippen molar-refractivity contribution in [2.75, 3.05) is 6.61 Å². The number of aryl methyl sites for hydroxylation is 1. The number of rotatable bonds is 10. The summed E-state index contributed by atoms with van der Waals surface area (Å²) in [7, 11) is 0. The van der Waals surface area contributed by atoms with E-state index >= 15 is 0 Å². The molecule has 0 unspecified atom stereocenters. The van der Waals surface area contributed by atoms with E-state index in [1.165, 1.54) is 0 Å². The molecule has 1 amide bonds. The fourth-order valence-corrected chi connectivity index (χ4v) is 4.73. The Morgan fingerprint density at radius 3 is 2.56 bits per heavy atom. The highest BCUT2D eigenvalue weighted by molar-refractivity contribution is 6.17. The normalized spacial score (nSPS) is 12.6. The van der Waals surface area contributed by atoms with Crippen molar-refractivity contribution in [1.29, 1.82) is 0 Å². The van der Waals surface area contributed by atoms with E-state index in [2.05, 4.69) is 33.9 Å². The van der Waals surface area contributed by atoms with Gasteiger partial charge in [0.15, 0.2) is 5.78 Å². The van der Waals surface area contributed by atoms with Crippen molar-refractivity contribution in [1.82, 2.24) is 14.9 Å². The minimum atomic E-state index is -0.530. The van der Waals surface area contributed by atoms with Gasteiger partial charge in [0.2, 0.25) is 5.91 Å². The summed E-state index contributed by atoms with van der Waals surface area (Å²) in [5, 5.41) is 2.87. The summed E-state index contributed by atoms with van der Waals surface area (Å²) in [6.07, 6.45) is 4.13. The summed E-state index contributed by atoms with van der Waals surface area (Å²) >= 11 is 0. The molecule has 0 aliphatic carbocycles. The van der Waals surface area contributed by atoms with Crippen LogP contribution in [0, 0.1) is 6.92 Å². The number of amides is 1. The first kappa shape index (κ1) is 28.0. The zero-order chi connectivity index (χ0) is 28.1. The Hall–Kier alpha value is -4.03. The van der Waals surface area contributed by atoms with Gasteiger partial charge in [0, 0.05) is 29.2 Å². The minimum absolute atomic E-state index is 0.0232. The Morgan fingerprint density at radius 1 is 1.05 bits per heavy atom. The molecule has 0 fully saturated rings. The van der Waals surface area contributed by atoms with Crippen molar-refractivity contribution in [3.8, 4) is 5.69 Å². The first-order valence-corrected chi connectivity index (χ1v) is 13.5. The van der Waals surface area contributed by atoms with Crippen LogP contribution < -0.4 is 5.32 Å². The molecule has 2 aromatic carbocycles. The van der Waals surface area contributed by atoms with Gasteiger partial charge in [-0.1, -0.05) is 43.3 Å². The number of pyridine rings is 1. The van der Waals surface area contributed by atoms with Crippen molar-refractivity contribution in [2.45, 2.75) is 60.1 Å². The third-order valence-electron chi connectivity index (χ3n) is 6.69. The average molecular weight is 524 g/mol. The molecule has 1 atom stereocenters. The number of carbonyl (C=O) groups is 2. The van der Waals surface area contributed by atoms with E-state index in [1.54, 1.807) is 13.1 Å². The van der Waals surface area contributed by atoms with Gasteiger partial charge in [-0.3, -0.25) is 14.6 Å². The molecule has 2 heterocycles. The number of nitrogens with zero attached hydrogens (tertiary/aromatic N) is 2. The van der Waals surface area contributed by atoms with Gasteiger partial charge in [0.05, 0.1) is 23.2 Å². The molecule has 1 N–H and O–H groups in total. The van der Waals surface area contributed by atoms with Gasteiger partial charge in [-0.15, -0.1) is 0 Å². The maximum absolute atomic E-state index is 13.7. The van der Waals surface area contributed by atoms with Crippen molar-refractivity contribution in [3.63, 3.8) is 0 Å². The van der Waals surface area contributed by atoms with Crippen LogP contribution in [0.4, 0.5) is 0 Å². The smallest absolute Gasteiger partial charge is 0.249 e. The van der Waals surface area contributed by atoms with Gasteiger partial charge in [-0.25, -0.2) is 0 Å². The molecular formula is C33H37N3O3. The van der Waals surface area contributed by atoms with E-state index < -0.39 is 6.10 Å². The van der Waals surface area contributed by atoms with Crippen LogP contribution in [0.2, 0.25) is 0 Å². The van der Waals surface area contributed by atoms with E-state index in [0.717, 1.165) is 40.0 Å². The molecule has 4 aromatic rings. The quantitative estimate of drug-likeness (QED) is 0.242. The van der Waals surface area contributed by atoms with Crippen molar-refractivity contribution < 1.29 is 14.3 Å². The Labute approximate surface area is 230 Å². The van der Waals surface area contributed by atoms with Crippen LogP contribution in [0.1, 0.15) is 67.4 Å². The number of hydrogen-bond donors (Lipinski definition) is 1. The summed E-state index contributed by atoms with van der Waals surface area (Å²) in [4.78, 5) is 30.5. The van der Waals surface area contributed by atoms with Gasteiger partial charge in [0.1, 0.15) is 6.10 Å². The van der Waals surface area contributed by atoms with E-state index in [1.807, 2.05) is 82.3 Å². The molecule has 4 rings (SSSR count). The van der Waals surface area contributed by atoms with Gasteiger partial charge in [0.25, 0.3) is 0 Å². The lowest BCUT2D eigenvalue weighted by molar-refractivity contribution is -0.131. The Kier molecular flexibility index (Phi) is 8.77. The second-order valence-corrected chi connectivity index (χ2v) is 10.3. The second-order valence-electron chi connectivity index (χ2n) is 10.3. The first-order chi connectivity index (χ1) is 18.7. The third kappa shape index (κ3) is 6.35. The monoisotopic (exact) mass is 523 g/mol. The lowest BCUT2D eigenvalue weighted by atomic mass is 10.00. The molecule has 202 valence electrons. The molecule has 6 heteroatoms. The fraction of sp³-hybridized carbons (Fsp3) is 0.303. The summed E-state index contributed by atoms with van der Waals surface area (Å²) in [5.74, 6) is -0.139. The molecule has 0 bridgehead atoms. The molecule has 0 saturated heterocycles. The standard InChI is InChI=1S/C33H37N3O3/c1-7-25-11-8-13-27(18-25)32(37)30-23(5)36(29-15-10-16-34-31(29)30)28-14-9-12-26(19-28)17-22(4)20-39-24(6)33(38)35-21(2)3/h8-19,21,24H,7,20H2,1-6H3,(H,35,38)/t24-/m0/s1. The van der Waals surface area contributed by atoms with Crippen molar-refractivity contribution in [3.05, 3.63) is 100 Å². The fourth-order valence-electron chi connectivity index (χ4n) is 4.73. The van der Waals surface area contributed by atoms with Crippen molar-refractivity contribution >= 4 is 28.8 Å². The number of ether oxygens (including phenoxy) is 1. The van der Waals surface area contributed by atoms with Gasteiger partial charge in [-0.2, -0.15) is 0 Å². The minimum Gasteiger partial charge on any atom is -0.364 e. The molecule has 6 nitrogen and oxygen atoms in total. The van der Waals surface area contributed by atoms with Crippen LogP contribution >= 0.6 is 0 Å². The highest BCUT2D eigenvalue weighted by atomic mass is 16.5. The highest BCUT2D eigenvalue weighted by Crippen LogP contribution is 2.30. The second kappa shape index (κ2) is 12.2. The van der Waals surface area contributed by atoms with Crippen LogP contribution in [0.15, 0.2) is 72.4 Å². The van der Waals surface area contributed by atoms with E-state index in [-0.39, 0.29) is 17.7 Å². The molecule has 39 heavy (non-hydrogen) atoms. The van der Waals surface area contributed by atoms with Crippen molar-refractivity contribution in [2.24, 2.45) is 0 Å². The number of hydrogen-bond acceptors (Lipinski definition) is 4. The molecule has 0 aliphatic heterocycles. The van der Waals surface area contributed by atoms with Crippen LogP contribution in [0.5, 0.6) is 0 Å². The lowest BCUT2D eigenvalue weighted by Gasteiger charge is -2.15. The number of fused-ring (bicyclic) bond motifs is 1. The van der Waals surface area contributed by atoms with E-state index in [0.29, 0.717) is 23.3 Å². The van der Waals surface area contributed by atoms with Gasteiger partial charge >= 0.3 is 0 Å². The number of aromatic nitrogens is 2. The molecule has 0 saturated carbocycles. The molecule has 0 radical (unpaired) electrons. The molecule has 0 spiro atoms. The van der Waals surface area contributed by atoms with Crippen LogP contribution in [-0.4, -0.2) is 40.0 Å². The zero-order valence-corrected chi connectivity index (χ0v) is 23.6. The summed E-state index contributed by atoms with van der Waals surface area (Å²) in [6.45, 7) is 12.0. The summed E-state index contributed by atoms with van der Waals surface area (Å²) < 4.78 is 7.89. The molecular weight excluding hydrogens is 486 g/mol. The van der Waals surface area contributed by atoms with Crippen LogP contribution in [-0.2, 0) is 16.0 Å². The Balaban J connectivity index is 1.65. The predicted octanol–water partition coefficient (Wildman–Crippen LogP) is 6.46. The Morgan fingerprint density at radius 2 is 1.82 bits per heavy atom. The largest absolute Gasteiger partial charge is 0.364 e. The first-order valence-electron chi connectivity index (χ1n) is 13.5. The van der Waals surface area contributed by atoms with Gasteiger partial charge < -0.3 is 14.6 Å². The number of carbonyl (C=O) groups excluding carboxylic acids is 2. The highest BCUT2D eigenvalue weighted by Gasteiger charge is 2.23. The predicted molar refractivity (Wildman–Crippen MR) is 157 cm³/mol. The lowest BCUT2D eigenvalue weighted by Crippen LogP contribution is -2.38. The summed E-state index contributed by atoms with van der Waals surface area (Å²) in [5.41, 5.74) is 7.80. The van der Waals surface area contributed by atoms with Crippen LogP contribution in [0.25, 0.3) is 22.8 Å². The maximum Gasteiger partial charge on any atom is 0.249 e. The average Bonchev–Trinajstić information content (AvgIpc) is 3.22. The summed E-state index contributed by atoms with van der Waals surface area (Å²) in [6, 6.07) is 19.9. The molecule has 0 aliphatic rings. The molecule has 2 aromatic heterocycles. The van der Waals surface area contributed by atoms with E-state index in [9.17, 15) is 9.59 Å². The Bertz CT molecular complexity index is 1530. The maximum atomic E-state index is 13.7. The third-order valence-corrected chi connectivity index (χ3v) is 6.69.